The van der Waals surface area contributed by atoms with Crippen molar-refractivity contribution in [3.05, 3.63) is 53.8 Å². The first kappa shape index (κ1) is 14.4. The van der Waals surface area contributed by atoms with E-state index in [9.17, 15) is 0 Å². The average Bonchev–Trinajstić information content (AvgIpc) is 3.30. The lowest BCUT2D eigenvalue weighted by atomic mass is 10.2. The summed E-state index contributed by atoms with van der Waals surface area (Å²) < 4.78 is 6.02. The van der Waals surface area contributed by atoms with Crippen LogP contribution < -0.4 is 4.74 Å². The van der Waals surface area contributed by atoms with Crippen LogP contribution in [0.4, 0.5) is 0 Å². The fraction of sp³-hybridized carbons (Fsp3) is 0.294. The molecule has 3 aromatic rings. The van der Waals surface area contributed by atoms with Crippen LogP contribution in [0.15, 0.2) is 48.2 Å². The van der Waals surface area contributed by atoms with Crippen LogP contribution in [0.25, 0.3) is 10.6 Å². The smallest absolute Gasteiger partial charge is 0.122 e. The predicted octanol–water partition coefficient (Wildman–Crippen LogP) is 3.19. The highest BCUT2D eigenvalue weighted by molar-refractivity contribution is 7.13. The number of thiophene rings is 1. The van der Waals surface area contributed by atoms with Crippen molar-refractivity contribution in [3.8, 4) is 16.3 Å². The quantitative estimate of drug-likeness (QED) is 0.782. The van der Waals surface area contributed by atoms with Gasteiger partial charge in [-0.2, -0.15) is 5.10 Å². The molecule has 1 saturated heterocycles. The molecule has 1 aliphatic rings. The number of rotatable bonds is 5. The van der Waals surface area contributed by atoms with Crippen molar-refractivity contribution in [1.82, 2.24) is 20.1 Å². The number of nitrogens with zero attached hydrogens (tertiary/aromatic N) is 3. The SMILES string of the molecule is c1csc(-c2[nH]ncc2CN2CC[C@@H](Oc3ccncc3)C2)c1. The Bertz CT molecular complexity index is 741. The molecule has 23 heavy (non-hydrogen) atoms. The molecule has 0 saturated carbocycles. The summed E-state index contributed by atoms with van der Waals surface area (Å²) in [5, 5.41) is 9.44. The van der Waals surface area contributed by atoms with Gasteiger partial charge in [-0.1, -0.05) is 6.07 Å². The Morgan fingerprint density at radius 2 is 2.22 bits per heavy atom. The van der Waals surface area contributed by atoms with Crippen molar-refractivity contribution in [2.45, 2.75) is 19.1 Å². The van der Waals surface area contributed by atoms with Crippen molar-refractivity contribution in [2.75, 3.05) is 13.1 Å². The Morgan fingerprint density at radius 1 is 1.30 bits per heavy atom. The zero-order chi connectivity index (χ0) is 15.5. The second-order valence-corrected chi connectivity index (χ2v) is 6.64. The molecule has 1 N–H and O–H groups in total. The van der Waals surface area contributed by atoms with Gasteiger partial charge in [0.05, 0.1) is 16.8 Å². The molecule has 3 aromatic heterocycles. The first-order valence-corrected chi connectivity index (χ1v) is 8.61. The molecule has 0 aromatic carbocycles. The number of aromatic amines is 1. The van der Waals surface area contributed by atoms with E-state index in [1.165, 1.54) is 10.4 Å². The maximum Gasteiger partial charge on any atom is 0.122 e. The molecule has 1 aliphatic heterocycles. The summed E-state index contributed by atoms with van der Waals surface area (Å²) in [7, 11) is 0. The van der Waals surface area contributed by atoms with Crippen molar-refractivity contribution in [3.63, 3.8) is 0 Å². The number of ether oxygens (including phenoxy) is 1. The van der Waals surface area contributed by atoms with Gasteiger partial charge in [-0.3, -0.25) is 15.0 Å². The molecular weight excluding hydrogens is 308 g/mol. The van der Waals surface area contributed by atoms with E-state index in [4.69, 9.17) is 4.74 Å². The number of H-pyrrole nitrogens is 1. The Hall–Kier alpha value is -2.18. The highest BCUT2D eigenvalue weighted by atomic mass is 32.1. The number of hydrogen-bond donors (Lipinski definition) is 1. The van der Waals surface area contributed by atoms with Crippen molar-refractivity contribution < 1.29 is 4.74 Å². The summed E-state index contributed by atoms with van der Waals surface area (Å²) in [6, 6.07) is 8.02. The molecule has 0 amide bonds. The minimum absolute atomic E-state index is 0.245. The third-order valence-corrected chi connectivity index (χ3v) is 4.95. The number of nitrogens with one attached hydrogen (secondary N) is 1. The van der Waals surface area contributed by atoms with Crippen LogP contribution in [-0.4, -0.2) is 39.3 Å². The fourth-order valence-corrected chi connectivity index (χ4v) is 3.71. The lowest BCUT2D eigenvalue weighted by molar-refractivity contribution is 0.198. The van der Waals surface area contributed by atoms with Gasteiger partial charge in [0.1, 0.15) is 11.9 Å². The van der Waals surface area contributed by atoms with Gasteiger partial charge in [0.25, 0.3) is 0 Å². The number of pyridine rings is 1. The van der Waals surface area contributed by atoms with Gasteiger partial charge in [0.2, 0.25) is 0 Å². The molecule has 4 rings (SSSR count). The highest BCUT2D eigenvalue weighted by Gasteiger charge is 2.25. The molecule has 0 unspecified atom stereocenters. The largest absolute Gasteiger partial charge is 0.489 e. The number of likely N-dealkylation sites (tertiary alicyclic amines) is 1. The van der Waals surface area contributed by atoms with E-state index < -0.39 is 0 Å². The molecule has 118 valence electrons. The summed E-state index contributed by atoms with van der Waals surface area (Å²) >= 11 is 1.73. The number of aromatic nitrogens is 3. The van der Waals surface area contributed by atoms with Crippen LogP contribution in [-0.2, 0) is 6.54 Å². The third kappa shape index (κ3) is 3.28. The molecule has 4 heterocycles. The van der Waals surface area contributed by atoms with Gasteiger partial charge >= 0.3 is 0 Å². The van der Waals surface area contributed by atoms with E-state index in [0.717, 1.165) is 37.5 Å². The second-order valence-electron chi connectivity index (χ2n) is 5.69. The third-order valence-electron chi connectivity index (χ3n) is 4.06. The molecule has 0 radical (unpaired) electrons. The second kappa shape index (κ2) is 6.52. The standard InChI is InChI=1S/C17H18N4OS/c1-2-16(23-9-1)17-13(10-19-20-17)11-21-8-5-15(12-21)22-14-3-6-18-7-4-14/h1-4,6-7,9-10,15H,5,8,11-12H2,(H,19,20)/t15-/m1/s1. The van der Waals surface area contributed by atoms with Gasteiger partial charge in [-0.15, -0.1) is 11.3 Å². The van der Waals surface area contributed by atoms with Crippen LogP contribution in [0, 0.1) is 0 Å². The first-order chi connectivity index (χ1) is 11.4. The lowest BCUT2D eigenvalue weighted by Gasteiger charge is -2.16. The molecule has 0 spiro atoms. The molecule has 0 aliphatic carbocycles. The summed E-state index contributed by atoms with van der Waals surface area (Å²) in [4.78, 5) is 7.68. The zero-order valence-electron chi connectivity index (χ0n) is 12.7. The maximum atomic E-state index is 6.02. The molecule has 0 bridgehead atoms. The summed E-state index contributed by atoms with van der Waals surface area (Å²) in [5.74, 6) is 0.898. The summed E-state index contributed by atoms with van der Waals surface area (Å²) in [6.07, 6.45) is 6.76. The van der Waals surface area contributed by atoms with Gasteiger partial charge < -0.3 is 4.74 Å². The highest BCUT2D eigenvalue weighted by Crippen LogP contribution is 2.27. The van der Waals surface area contributed by atoms with E-state index in [0.29, 0.717) is 0 Å². The Kier molecular flexibility index (Phi) is 4.08. The molecule has 6 heteroatoms. The number of hydrogen-bond acceptors (Lipinski definition) is 5. The first-order valence-electron chi connectivity index (χ1n) is 7.73. The van der Waals surface area contributed by atoms with E-state index in [-0.39, 0.29) is 6.10 Å². The zero-order valence-corrected chi connectivity index (χ0v) is 13.5. The maximum absolute atomic E-state index is 6.02. The van der Waals surface area contributed by atoms with Crippen LogP contribution in [0.3, 0.4) is 0 Å². The Balaban J connectivity index is 1.39. The molecular formula is C17H18N4OS. The predicted molar refractivity (Wildman–Crippen MR) is 90.4 cm³/mol. The van der Waals surface area contributed by atoms with E-state index in [1.54, 1.807) is 23.7 Å². The summed E-state index contributed by atoms with van der Waals surface area (Å²) in [6.45, 7) is 2.89. The van der Waals surface area contributed by atoms with Crippen LogP contribution in [0.5, 0.6) is 5.75 Å². The molecule has 1 atom stereocenters. The Labute approximate surface area is 138 Å². The van der Waals surface area contributed by atoms with Gasteiger partial charge in [0, 0.05) is 37.6 Å². The molecule has 1 fully saturated rings. The van der Waals surface area contributed by atoms with Crippen LogP contribution >= 0.6 is 11.3 Å². The van der Waals surface area contributed by atoms with E-state index in [2.05, 4.69) is 37.6 Å². The van der Waals surface area contributed by atoms with Crippen LogP contribution in [0.1, 0.15) is 12.0 Å². The normalized spacial score (nSPS) is 18.3. The fourth-order valence-electron chi connectivity index (χ4n) is 2.95. The van der Waals surface area contributed by atoms with Crippen LogP contribution in [0.2, 0.25) is 0 Å². The van der Waals surface area contributed by atoms with Crippen molar-refractivity contribution in [2.24, 2.45) is 0 Å². The van der Waals surface area contributed by atoms with E-state index >= 15 is 0 Å². The van der Waals surface area contributed by atoms with Gasteiger partial charge in [-0.25, -0.2) is 0 Å². The van der Waals surface area contributed by atoms with Gasteiger partial charge in [-0.05, 0) is 30.0 Å². The average molecular weight is 326 g/mol. The molecule has 5 nitrogen and oxygen atoms in total. The topological polar surface area (TPSA) is 54.0 Å². The minimum Gasteiger partial charge on any atom is -0.489 e. The monoisotopic (exact) mass is 326 g/mol. The van der Waals surface area contributed by atoms with E-state index in [1.807, 2.05) is 18.3 Å². The van der Waals surface area contributed by atoms with Crippen molar-refractivity contribution in [1.29, 1.82) is 0 Å². The van der Waals surface area contributed by atoms with Gasteiger partial charge in [0.15, 0.2) is 0 Å². The Morgan fingerprint density at radius 3 is 3.04 bits per heavy atom. The van der Waals surface area contributed by atoms with Crippen molar-refractivity contribution >= 4 is 11.3 Å². The minimum atomic E-state index is 0.245. The lowest BCUT2D eigenvalue weighted by Crippen LogP contribution is -2.24. The summed E-state index contributed by atoms with van der Waals surface area (Å²) in [5.41, 5.74) is 2.38.